The highest BCUT2D eigenvalue weighted by Crippen LogP contribution is 2.39. The van der Waals surface area contributed by atoms with Crippen LogP contribution in [0.3, 0.4) is 0 Å². The summed E-state index contributed by atoms with van der Waals surface area (Å²) < 4.78 is 10.1. The summed E-state index contributed by atoms with van der Waals surface area (Å²) in [4.78, 5) is 11.0. The SMILES string of the molecule is COc1ccc(C(CN)C(=O)O)c(Cl)c1OC. The number of carboxylic acids is 1. The minimum Gasteiger partial charge on any atom is -0.493 e. The van der Waals surface area contributed by atoms with Crippen molar-refractivity contribution in [3.8, 4) is 11.5 Å². The molecule has 0 fully saturated rings. The van der Waals surface area contributed by atoms with Gasteiger partial charge in [-0.15, -0.1) is 0 Å². The molecule has 94 valence electrons. The normalized spacial score (nSPS) is 12.0. The van der Waals surface area contributed by atoms with Crippen LogP contribution in [-0.2, 0) is 4.79 Å². The Morgan fingerprint density at radius 1 is 1.47 bits per heavy atom. The van der Waals surface area contributed by atoms with Crippen LogP contribution in [0.5, 0.6) is 11.5 Å². The summed E-state index contributed by atoms with van der Waals surface area (Å²) in [7, 11) is 2.91. The van der Waals surface area contributed by atoms with Crippen molar-refractivity contribution in [1.82, 2.24) is 0 Å². The predicted octanol–water partition coefficient (Wildman–Crippen LogP) is 1.48. The average Bonchev–Trinajstić information content (AvgIpc) is 2.31. The Balaban J connectivity index is 3.31. The third-order valence-electron chi connectivity index (χ3n) is 2.42. The highest BCUT2D eigenvalue weighted by atomic mass is 35.5. The molecule has 0 aliphatic rings. The highest BCUT2D eigenvalue weighted by molar-refractivity contribution is 6.33. The zero-order valence-electron chi connectivity index (χ0n) is 9.57. The lowest BCUT2D eigenvalue weighted by Gasteiger charge is -2.16. The zero-order valence-corrected chi connectivity index (χ0v) is 10.3. The van der Waals surface area contributed by atoms with Gasteiger partial charge in [0, 0.05) is 6.54 Å². The van der Waals surface area contributed by atoms with E-state index in [0.717, 1.165) is 0 Å². The van der Waals surface area contributed by atoms with Gasteiger partial charge >= 0.3 is 5.97 Å². The van der Waals surface area contributed by atoms with Crippen molar-refractivity contribution in [3.05, 3.63) is 22.7 Å². The number of ether oxygens (including phenoxy) is 2. The van der Waals surface area contributed by atoms with Gasteiger partial charge in [-0.1, -0.05) is 17.7 Å². The Labute approximate surface area is 104 Å². The number of halogens is 1. The molecule has 5 nitrogen and oxygen atoms in total. The van der Waals surface area contributed by atoms with E-state index < -0.39 is 11.9 Å². The molecule has 0 aliphatic heterocycles. The second-order valence-corrected chi connectivity index (χ2v) is 3.71. The van der Waals surface area contributed by atoms with Crippen molar-refractivity contribution in [2.75, 3.05) is 20.8 Å². The number of methoxy groups -OCH3 is 2. The molecule has 0 heterocycles. The van der Waals surface area contributed by atoms with E-state index in [-0.39, 0.29) is 11.6 Å². The fourth-order valence-corrected chi connectivity index (χ4v) is 1.90. The van der Waals surface area contributed by atoms with Crippen LogP contribution < -0.4 is 15.2 Å². The molecule has 1 aromatic rings. The number of benzene rings is 1. The lowest BCUT2D eigenvalue weighted by molar-refractivity contribution is -0.138. The van der Waals surface area contributed by atoms with Crippen molar-refractivity contribution < 1.29 is 19.4 Å². The molecule has 3 N–H and O–H groups in total. The first kappa shape index (κ1) is 13.6. The number of aliphatic carboxylic acids is 1. The van der Waals surface area contributed by atoms with E-state index in [2.05, 4.69) is 0 Å². The molecule has 0 aliphatic carbocycles. The van der Waals surface area contributed by atoms with E-state index in [9.17, 15) is 4.79 Å². The lowest BCUT2D eigenvalue weighted by Crippen LogP contribution is -2.21. The summed E-state index contributed by atoms with van der Waals surface area (Å²) in [5, 5.41) is 9.24. The van der Waals surface area contributed by atoms with Gasteiger partial charge in [0.25, 0.3) is 0 Å². The van der Waals surface area contributed by atoms with Crippen LogP contribution >= 0.6 is 11.6 Å². The van der Waals surface area contributed by atoms with Crippen molar-refractivity contribution in [1.29, 1.82) is 0 Å². The summed E-state index contributed by atoms with van der Waals surface area (Å²) in [5.41, 5.74) is 5.84. The number of nitrogens with two attached hydrogens (primary N) is 1. The molecule has 1 unspecified atom stereocenters. The zero-order chi connectivity index (χ0) is 13.0. The second kappa shape index (κ2) is 5.75. The van der Waals surface area contributed by atoms with Gasteiger partial charge in [-0.05, 0) is 11.6 Å². The molecule has 0 saturated heterocycles. The van der Waals surface area contributed by atoms with Crippen LogP contribution in [-0.4, -0.2) is 31.8 Å². The molecule has 1 aromatic carbocycles. The van der Waals surface area contributed by atoms with Crippen LogP contribution in [0.1, 0.15) is 11.5 Å². The first-order valence-electron chi connectivity index (χ1n) is 4.90. The third kappa shape index (κ3) is 2.62. The summed E-state index contributed by atoms with van der Waals surface area (Å²) in [5.74, 6) is -1.13. The van der Waals surface area contributed by atoms with Crippen LogP contribution in [0.2, 0.25) is 5.02 Å². The molecule has 6 heteroatoms. The number of carbonyl (C=O) groups is 1. The van der Waals surface area contributed by atoms with Gasteiger partial charge in [0.05, 0.1) is 25.2 Å². The summed E-state index contributed by atoms with van der Waals surface area (Å²) in [6.45, 7) is -0.0372. The van der Waals surface area contributed by atoms with Gasteiger partial charge in [0.15, 0.2) is 11.5 Å². The Morgan fingerprint density at radius 3 is 2.53 bits per heavy atom. The maximum atomic E-state index is 11.0. The molecule has 0 radical (unpaired) electrons. The van der Waals surface area contributed by atoms with Crippen molar-refractivity contribution in [2.45, 2.75) is 5.92 Å². The fraction of sp³-hybridized carbons (Fsp3) is 0.364. The fourth-order valence-electron chi connectivity index (χ4n) is 1.53. The first-order valence-corrected chi connectivity index (χ1v) is 5.27. The third-order valence-corrected chi connectivity index (χ3v) is 2.81. The number of carboxylic acid groups (broad SMARTS) is 1. The predicted molar refractivity (Wildman–Crippen MR) is 64.0 cm³/mol. The van der Waals surface area contributed by atoms with E-state index >= 15 is 0 Å². The topological polar surface area (TPSA) is 81.8 Å². The van der Waals surface area contributed by atoms with Crippen molar-refractivity contribution in [3.63, 3.8) is 0 Å². The Kier molecular flexibility index (Phi) is 4.60. The molecule has 0 spiro atoms. The largest absolute Gasteiger partial charge is 0.493 e. The molecule has 1 rings (SSSR count). The van der Waals surface area contributed by atoms with Crippen LogP contribution in [0.4, 0.5) is 0 Å². The first-order chi connectivity index (χ1) is 8.06. The van der Waals surface area contributed by atoms with Crippen molar-refractivity contribution in [2.24, 2.45) is 5.73 Å². The van der Waals surface area contributed by atoms with Crippen LogP contribution in [0.15, 0.2) is 12.1 Å². The van der Waals surface area contributed by atoms with Gasteiger partial charge in [0.2, 0.25) is 0 Å². The number of rotatable bonds is 5. The molecular weight excluding hydrogens is 246 g/mol. The Hall–Kier alpha value is -1.46. The van der Waals surface area contributed by atoms with Crippen LogP contribution in [0, 0.1) is 0 Å². The Bertz CT molecular complexity index is 422. The molecule has 0 amide bonds. The van der Waals surface area contributed by atoms with E-state index in [1.807, 2.05) is 0 Å². The van der Waals surface area contributed by atoms with E-state index in [0.29, 0.717) is 17.1 Å². The van der Waals surface area contributed by atoms with Crippen LogP contribution in [0.25, 0.3) is 0 Å². The lowest BCUT2D eigenvalue weighted by atomic mass is 9.99. The monoisotopic (exact) mass is 259 g/mol. The smallest absolute Gasteiger partial charge is 0.312 e. The summed E-state index contributed by atoms with van der Waals surface area (Å²) in [6, 6.07) is 3.18. The van der Waals surface area contributed by atoms with E-state index in [1.54, 1.807) is 12.1 Å². The second-order valence-electron chi connectivity index (χ2n) is 3.33. The van der Waals surface area contributed by atoms with Crippen molar-refractivity contribution >= 4 is 17.6 Å². The quantitative estimate of drug-likeness (QED) is 0.837. The molecule has 0 aromatic heterocycles. The van der Waals surface area contributed by atoms with Gasteiger partial charge in [-0.2, -0.15) is 0 Å². The minimum absolute atomic E-state index is 0.0372. The number of hydrogen-bond acceptors (Lipinski definition) is 4. The molecule has 17 heavy (non-hydrogen) atoms. The van der Waals surface area contributed by atoms with Gasteiger partial charge in [-0.25, -0.2) is 0 Å². The molecule has 0 saturated carbocycles. The minimum atomic E-state index is -1.03. The van der Waals surface area contributed by atoms with E-state index in [4.69, 9.17) is 31.9 Å². The molecular formula is C11H14ClNO4. The molecule has 0 bridgehead atoms. The van der Waals surface area contributed by atoms with Gasteiger partial charge < -0.3 is 20.3 Å². The van der Waals surface area contributed by atoms with E-state index in [1.165, 1.54) is 14.2 Å². The number of hydrogen-bond donors (Lipinski definition) is 2. The van der Waals surface area contributed by atoms with Gasteiger partial charge in [-0.3, -0.25) is 4.79 Å². The maximum absolute atomic E-state index is 11.0. The molecule has 1 atom stereocenters. The van der Waals surface area contributed by atoms with Gasteiger partial charge in [0.1, 0.15) is 0 Å². The standard InChI is InChI=1S/C11H14ClNO4/c1-16-8-4-3-6(7(5-13)11(14)15)9(12)10(8)17-2/h3-4,7H,5,13H2,1-2H3,(H,14,15). The summed E-state index contributed by atoms with van der Waals surface area (Å²) >= 11 is 6.09. The average molecular weight is 260 g/mol. The highest BCUT2D eigenvalue weighted by Gasteiger charge is 2.24. The Morgan fingerprint density at radius 2 is 2.12 bits per heavy atom. The summed E-state index contributed by atoms with van der Waals surface area (Å²) in [6.07, 6.45) is 0. The maximum Gasteiger partial charge on any atom is 0.312 e.